The number of hydrogen-bond donors (Lipinski definition) is 0. The van der Waals surface area contributed by atoms with Gasteiger partial charge in [-0.3, -0.25) is 4.98 Å². The van der Waals surface area contributed by atoms with Crippen molar-refractivity contribution in [2.75, 3.05) is 0 Å². The molecule has 0 aliphatic heterocycles. The molecule has 4 aromatic rings. The summed E-state index contributed by atoms with van der Waals surface area (Å²) in [6.45, 7) is 10.9. The Hall–Kier alpha value is -1.88. The summed E-state index contributed by atoms with van der Waals surface area (Å²) in [4.78, 5) is 4.62. The number of para-hydroxylation sites is 1. The van der Waals surface area contributed by atoms with Crippen molar-refractivity contribution >= 4 is 21.6 Å². The van der Waals surface area contributed by atoms with Gasteiger partial charge in [0.2, 0.25) is 0 Å². The molecule has 4 nitrogen and oxygen atoms in total. The second-order valence-corrected chi connectivity index (χ2v) is 8.62. The fraction of sp³-hybridized carbons (Fsp3) is 0.318. The molecule has 1 radical (unpaired) electrons. The summed E-state index contributed by atoms with van der Waals surface area (Å²) in [5.74, 6) is 1.62. The van der Waals surface area contributed by atoms with Crippen molar-refractivity contribution in [3.63, 3.8) is 0 Å². The molecule has 0 unspecified atom stereocenters. The minimum absolute atomic E-state index is 0. The Balaban J connectivity index is 0.00000225. The van der Waals surface area contributed by atoms with Crippen molar-refractivity contribution in [1.29, 1.82) is 0 Å². The third-order valence-corrected chi connectivity index (χ3v) is 5.82. The van der Waals surface area contributed by atoms with E-state index in [0.717, 1.165) is 26.6 Å². The first kappa shape index (κ1) is 20.8. The maximum Gasteiger partial charge on any atom is 0.114 e. The fourth-order valence-corrected chi connectivity index (χ4v) is 4.44. The third kappa shape index (κ3) is 3.57. The normalized spacial score (nSPS) is 11.4. The monoisotopic (exact) mass is 568 g/mol. The number of thiazole rings is 1. The van der Waals surface area contributed by atoms with Crippen LogP contribution in [0, 0.1) is 13.0 Å². The van der Waals surface area contributed by atoms with E-state index in [-0.39, 0.29) is 20.1 Å². The molecule has 2 aromatic heterocycles. The van der Waals surface area contributed by atoms with Crippen LogP contribution in [0.15, 0.2) is 36.7 Å². The van der Waals surface area contributed by atoms with Crippen molar-refractivity contribution in [2.24, 2.45) is 0 Å². The Labute approximate surface area is 183 Å². The molecular weight excluding hydrogens is 545 g/mol. The average Bonchev–Trinajstić information content (AvgIpc) is 3.25. The minimum Gasteiger partial charge on any atom is -0.322 e. The van der Waals surface area contributed by atoms with Crippen molar-refractivity contribution in [3.8, 4) is 17.1 Å². The summed E-state index contributed by atoms with van der Waals surface area (Å²) in [5.41, 5.74) is 5.74. The smallest absolute Gasteiger partial charge is 0.114 e. The molecule has 0 atom stereocenters. The average molecular weight is 568 g/mol. The van der Waals surface area contributed by atoms with Gasteiger partial charge in [0.05, 0.1) is 10.8 Å². The second kappa shape index (κ2) is 8.24. The van der Waals surface area contributed by atoms with Gasteiger partial charge >= 0.3 is 0 Å². The van der Waals surface area contributed by atoms with Crippen molar-refractivity contribution < 1.29 is 20.1 Å². The maximum atomic E-state index is 4.62. The van der Waals surface area contributed by atoms with Crippen LogP contribution in [-0.4, -0.2) is 19.7 Å². The standard InChI is InChI=1S/C22H23N4S.Ir/c1-13(2)16-8-6-9-17(14(3)4)20(16)26-12-23-25-22(26)18-10-7-11-19-21(18)27-15(5)24-19;/h6-9,11-14H,1-5H3;/q-1;. The van der Waals surface area contributed by atoms with Crippen LogP contribution < -0.4 is 0 Å². The zero-order valence-corrected chi connectivity index (χ0v) is 19.9. The molecule has 0 bridgehead atoms. The number of benzene rings is 2. The van der Waals surface area contributed by atoms with E-state index in [0.29, 0.717) is 11.8 Å². The van der Waals surface area contributed by atoms with Crippen molar-refractivity contribution in [3.05, 3.63) is 58.9 Å². The summed E-state index contributed by atoms with van der Waals surface area (Å²) in [6.07, 6.45) is 1.82. The first-order valence-corrected chi connectivity index (χ1v) is 10.1. The Kier molecular flexibility index (Phi) is 6.13. The number of rotatable bonds is 4. The van der Waals surface area contributed by atoms with Crippen LogP contribution in [-0.2, 0) is 20.1 Å². The zero-order chi connectivity index (χ0) is 19.1. The molecule has 0 aliphatic carbocycles. The van der Waals surface area contributed by atoms with Crippen LogP contribution in [0.25, 0.3) is 27.3 Å². The molecule has 0 saturated heterocycles. The van der Waals surface area contributed by atoms with E-state index in [1.807, 2.05) is 25.4 Å². The Morgan fingerprint density at radius 3 is 2.36 bits per heavy atom. The van der Waals surface area contributed by atoms with E-state index in [4.69, 9.17) is 0 Å². The predicted molar refractivity (Wildman–Crippen MR) is 112 cm³/mol. The summed E-state index contributed by atoms with van der Waals surface area (Å²) in [5, 5.41) is 9.79. The maximum absolute atomic E-state index is 4.62. The van der Waals surface area contributed by atoms with Gasteiger partial charge in [0.1, 0.15) is 6.33 Å². The largest absolute Gasteiger partial charge is 0.322 e. The van der Waals surface area contributed by atoms with E-state index in [9.17, 15) is 0 Å². The molecule has 6 heteroatoms. The molecule has 0 saturated carbocycles. The predicted octanol–water partition coefficient (Wildman–Crippen LogP) is 5.90. The Morgan fingerprint density at radius 1 is 1.04 bits per heavy atom. The Morgan fingerprint density at radius 2 is 1.71 bits per heavy atom. The quantitative estimate of drug-likeness (QED) is 0.289. The van der Waals surface area contributed by atoms with Gasteiger partial charge in [-0.05, 0) is 40.1 Å². The van der Waals surface area contributed by atoms with E-state index < -0.39 is 0 Å². The van der Waals surface area contributed by atoms with E-state index in [1.165, 1.54) is 16.8 Å². The van der Waals surface area contributed by atoms with E-state index >= 15 is 0 Å². The van der Waals surface area contributed by atoms with Gasteiger partial charge in [-0.25, -0.2) is 0 Å². The molecule has 0 amide bonds. The second-order valence-electron chi connectivity index (χ2n) is 7.42. The number of fused-ring (bicyclic) bond motifs is 1. The molecule has 147 valence electrons. The first-order chi connectivity index (χ1) is 13.0. The molecule has 0 aliphatic rings. The molecule has 0 spiro atoms. The van der Waals surface area contributed by atoms with E-state index in [1.54, 1.807) is 11.3 Å². The third-order valence-electron chi connectivity index (χ3n) is 4.81. The molecule has 4 rings (SSSR count). The van der Waals surface area contributed by atoms with Crippen LogP contribution in [0.4, 0.5) is 0 Å². The molecule has 0 N–H and O–H groups in total. The van der Waals surface area contributed by atoms with Crippen LogP contribution >= 0.6 is 11.3 Å². The molecule has 0 fully saturated rings. The summed E-state index contributed by atoms with van der Waals surface area (Å²) >= 11 is 1.68. The van der Waals surface area contributed by atoms with Crippen LogP contribution in [0.5, 0.6) is 0 Å². The van der Waals surface area contributed by atoms with Gasteiger partial charge in [0.25, 0.3) is 0 Å². The molecule has 28 heavy (non-hydrogen) atoms. The van der Waals surface area contributed by atoms with Gasteiger partial charge in [0.15, 0.2) is 0 Å². The summed E-state index contributed by atoms with van der Waals surface area (Å²) in [7, 11) is 0. The number of aryl methyl sites for hydroxylation is 1. The fourth-order valence-electron chi connectivity index (χ4n) is 3.53. The van der Waals surface area contributed by atoms with Gasteiger partial charge in [0, 0.05) is 25.8 Å². The Bertz CT molecular complexity index is 1080. The van der Waals surface area contributed by atoms with Gasteiger partial charge < -0.3 is 4.57 Å². The van der Waals surface area contributed by atoms with Crippen LogP contribution in [0.3, 0.4) is 0 Å². The number of hydrogen-bond acceptors (Lipinski definition) is 4. The zero-order valence-electron chi connectivity index (χ0n) is 16.6. The minimum atomic E-state index is 0. The summed E-state index contributed by atoms with van der Waals surface area (Å²) < 4.78 is 3.24. The van der Waals surface area contributed by atoms with E-state index in [2.05, 4.69) is 71.7 Å². The van der Waals surface area contributed by atoms with Gasteiger partial charge in [-0.1, -0.05) is 51.5 Å². The molecular formula is C22H23IrN4S-. The first-order valence-electron chi connectivity index (χ1n) is 9.28. The van der Waals surface area contributed by atoms with Crippen molar-refractivity contribution in [2.45, 2.75) is 46.5 Å². The molecule has 2 heterocycles. The van der Waals surface area contributed by atoms with Crippen LogP contribution in [0.1, 0.15) is 55.7 Å². The van der Waals surface area contributed by atoms with Crippen molar-refractivity contribution in [1.82, 2.24) is 19.7 Å². The summed E-state index contributed by atoms with van der Waals surface area (Å²) in [6, 6.07) is 13.9. The molecule has 2 aromatic carbocycles. The van der Waals surface area contributed by atoms with Gasteiger partial charge in [-0.2, -0.15) is 16.4 Å². The number of aromatic nitrogens is 4. The SMILES string of the molecule is Cc1nc2cc[c-]c(-c3nncn3-c3c(C(C)C)cccc3C(C)C)c2s1.[Ir]. The van der Waals surface area contributed by atoms with Gasteiger partial charge in [-0.15, -0.1) is 23.3 Å². The topological polar surface area (TPSA) is 43.6 Å². The number of nitrogens with zero attached hydrogens (tertiary/aromatic N) is 4. The van der Waals surface area contributed by atoms with Crippen LogP contribution in [0.2, 0.25) is 0 Å².